The first-order valence-corrected chi connectivity index (χ1v) is 6.97. The number of piperidine rings is 1. The Hall–Kier alpha value is -0.420. The number of halogens is 2. The maximum absolute atomic E-state index is 6.04. The molecule has 18 heavy (non-hydrogen) atoms. The first kappa shape index (κ1) is 14.0. The third-order valence-corrected chi connectivity index (χ3v) is 3.70. The van der Waals surface area contributed by atoms with Gasteiger partial charge in [0.05, 0.1) is 0 Å². The number of hydrogen-bond donors (Lipinski definition) is 1. The summed E-state index contributed by atoms with van der Waals surface area (Å²) in [5, 5.41) is 4.07. The molecule has 1 saturated heterocycles. The van der Waals surface area contributed by atoms with E-state index in [-0.39, 0.29) is 5.28 Å². The minimum absolute atomic E-state index is 0.197. The van der Waals surface area contributed by atoms with E-state index < -0.39 is 0 Å². The summed E-state index contributed by atoms with van der Waals surface area (Å²) in [5.74, 6) is 0.718. The molecule has 1 aromatic rings. The highest BCUT2D eigenvalue weighted by molar-refractivity contribution is 6.32. The number of rotatable bonds is 4. The molecule has 0 bridgehead atoms. The van der Waals surface area contributed by atoms with Gasteiger partial charge in [0.1, 0.15) is 5.15 Å². The van der Waals surface area contributed by atoms with Gasteiger partial charge in [-0.05, 0) is 50.5 Å². The molecule has 0 amide bonds. The van der Waals surface area contributed by atoms with Gasteiger partial charge in [-0.25, -0.2) is 9.97 Å². The maximum Gasteiger partial charge on any atom is 0.223 e. The molecule has 0 radical (unpaired) electrons. The summed E-state index contributed by atoms with van der Waals surface area (Å²) in [5.41, 5.74) is 0.923. The highest BCUT2D eigenvalue weighted by atomic mass is 35.5. The number of nitrogens with zero attached hydrogens (tertiary/aromatic N) is 3. The third kappa shape index (κ3) is 4.05. The Kier molecular flexibility index (Phi) is 5.18. The Bertz CT molecular complexity index is 394. The largest absolute Gasteiger partial charge is 0.316 e. The minimum atomic E-state index is 0.197. The van der Waals surface area contributed by atoms with Gasteiger partial charge in [-0.15, -0.1) is 0 Å². The van der Waals surface area contributed by atoms with E-state index in [0.29, 0.717) is 5.15 Å². The van der Waals surface area contributed by atoms with Crippen molar-refractivity contribution in [3.63, 3.8) is 0 Å². The highest BCUT2D eigenvalue weighted by Gasteiger charge is 2.16. The molecular formula is C12H18Cl2N4. The molecule has 6 heteroatoms. The van der Waals surface area contributed by atoms with Gasteiger partial charge in [0, 0.05) is 24.8 Å². The van der Waals surface area contributed by atoms with Crippen molar-refractivity contribution in [2.45, 2.75) is 19.4 Å². The van der Waals surface area contributed by atoms with Crippen molar-refractivity contribution in [3.8, 4) is 0 Å². The molecule has 0 spiro atoms. The van der Waals surface area contributed by atoms with Crippen LogP contribution in [0.5, 0.6) is 0 Å². The predicted octanol–water partition coefficient (Wildman–Crippen LogP) is 2.21. The van der Waals surface area contributed by atoms with Crippen molar-refractivity contribution >= 4 is 23.2 Å². The molecule has 4 nitrogen and oxygen atoms in total. The lowest BCUT2D eigenvalue weighted by molar-refractivity contribution is 0.237. The van der Waals surface area contributed by atoms with Crippen LogP contribution in [-0.2, 0) is 6.54 Å². The van der Waals surface area contributed by atoms with Gasteiger partial charge in [0.25, 0.3) is 0 Å². The average Bonchev–Trinajstić information content (AvgIpc) is 2.34. The second kappa shape index (κ2) is 6.66. The average molecular weight is 289 g/mol. The van der Waals surface area contributed by atoms with Crippen molar-refractivity contribution in [1.29, 1.82) is 0 Å². The third-order valence-electron chi connectivity index (χ3n) is 3.19. The summed E-state index contributed by atoms with van der Waals surface area (Å²) >= 11 is 11.7. The van der Waals surface area contributed by atoms with Crippen LogP contribution in [-0.4, -0.2) is 41.5 Å². The second-order valence-electron chi connectivity index (χ2n) is 4.86. The molecular weight excluding hydrogens is 271 g/mol. The van der Waals surface area contributed by atoms with Crippen LogP contribution in [0.1, 0.15) is 18.4 Å². The van der Waals surface area contributed by atoms with Crippen LogP contribution in [0.2, 0.25) is 10.4 Å². The fourth-order valence-electron chi connectivity index (χ4n) is 2.35. The molecule has 1 fully saturated rings. The normalized spacial score (nSPS) is 20.3. The Morgan fingerprint density at radius 2 is 2.33 bits per heavy atom. The Labute approximate surface area is 118 Å². The number of aromatic nitrogens is 2. The van der Waals surface area contributed by atoms with Gasteiger partial charge in [0.2, 0.25) is 5.28 Å². The Morgan fingerprint density at radius 1 is 1.50 bits per heavy atom. The summed E-state index contributed by atoms with van der Waals surface area (Å²) in [7, 11) is 2.10. The first-order chi connectivity index (χ1) is 8.65. The zero-order chi connectivity index (χ0) is 13.0. The summed E-state index contributed by atoms with van der Waals surface area (Å²) < 4.78 is 0. The van der Waals surface area contributed by atoms with Gasteiger partial charge in [0.15, 0.2) is 0 Å². The van der Waals surface area contributed by atoms with Crippen LogP contribution in [0.25, 0.3) is 0 Å². The van der Waals surface area contributed by atoms with Gasteiger partial charge in [-0.3, -0.25) is 0 Å². The van der Waals surface area contributed by atoms with E-state index in [1.165, 1.54) is 12.8 Å². The number of nitrogens with one attached hydrogen (secondary N) is 1. The molecule has 1 atom stereocenters. The summed E-state index contributed by atoms with van der Waals surface area (Å²) in [6.07, 6.45) is 4.26. The maximum atomic E-state index is 6.04. The Balaban J connectivity index is 1.87. The van der Waals surface area contributed by atoms with Crippen molar-refractivity contribution in [1.82, 2.24) is 20.2 Å². The van der Waals surface area contributed by atoms with Crippen molar-refractivity contribution < 1.29 is 0 Å². The van der Waals surface area contributed by atoms with E-state index in [9.17, 15) is 0 Å². The van der Waals surface area contributed by atoms with Crippen LogP contribution in [0.4, 0.5) is 0 Å². The highest BCUT2D eigenvalue weighted by Crippen LogP contribution is 2.17. The second-order valence-corrected chi connectivity index (χ2v) is 5.56. The van der Waals surface area contributed by atoms with Gasteiger partial charge < -0.3 is 10.2 Å². The fourth-order valence-corrected chi connectivity index (χ4v) is 2.71. The minimum Gasteiger partial charge on any atom is -0.316 e. The SMILES string of the molecule is CN(Cc1cnc(Cl)nc1Cl)CC1CCCNC1. The zero-order valence-electron chi connectivity index (χ0n) is 10.5. The van der Waals surface area contributed by atoms with Gasteiger partial charge in [-0.1, -0.05) is 11.6 Å². The lowest BCUT2D eigenvalue weighted by Gasteiger charge is -2.27. The van der Waals surface area contributed by atoms with E-state index in [4.69, 9.17) is 23.2 Å². The molecule has 100 valence electrons. The topological polar surface area (TPSA) is 41.1 Å². The zero-order valence-corrected chi connectivity index (χ0v) is 12.0. The molecule has 1 aliphatic rings. The van der Waals surface area contributed by atoms with Gasteiger partial charge in [-0.2, -0.15) is 0 Å². The monoisotopic (exact) mass is 288 g/mol. The predicted molar refractivity (Wildman–Crippen MR) is 74.0 cm³/mol. The van der Waals surface area contributed by atoms with E-state index in [1.54, 1.807) is 6.20 Å². The van der Waals surface area contributed by atoms with E-state index in [1.807, 2.05) is 0 Å². The molecule has 1 aliphatic heterocycles. The van der Waals surface area contributed by atoms with Crippen LogP contribution in [0, 0.1) is 5.92 Å². The first-order valence-electron chi connectivity index (χ1n) is 6.21. The standard InChI is InChI=1S/C12H18Cl2N4/c1-18(7-9-3-2-4-15-5-9)8-10-6-16-12(14)17-11(10)13/h6,9,15H,2-5,7-8H2,1H3. The molecule has 1 N–H and O–H groups in total. The summed E-state index contributed by atoms with van der Waals surface area (Å²) in [6, 6.07) is 0. The van der Waals surface area contributed by atoms with Crippen LogP contribution in [0.15, 0.2) is 6.20 Å². The summed E-state index contributed by atoms with van der Waals surface area (Å²) in [6.45, 7) is 4.07. The fraction of sp³-hybridized carbons (Fsp3) is 0.667. The molecule has 1 unspecified atom stereocenters. The molecule has 2 rings (SSSR count). The van der Waals surface area contributed by atoms with Crippen molar-refractivity contribution in [3.05, 3.63) is 22.2 Å². The number of hydrogen-bond acceptors (Lipinski definition) is 4. The molecule has 1 aromatic heterocycles. The Morgan fingerprint density at radius 3 is 3.00 bits per heavy atom. The smallest absolute Gasteiger partial charge is 0.223 e. The van der Waals surface area contributed by atoms with Gasteiger partial charge >= 0.3 is 0 Å². The quantitative estimate of drug-likeness (QED) is 0.681. The molecule has 0 aliphatic carbocycles. The van der Waals surface area contributed by atoms with Crippen molar-refractivity contribution in [2.75, 3.05) is 26.7 Å². The summed E-state index contributed by atoms with van der Waals surface area (Å²) in [4.78, 5) is 10.2. The lowest BCUT2D eigenvalue weighted by atomic mass is 9.99. The van der Waals surface area contributed by atoms with E-state index in [0.717, 1.165) is 37.7 Å². The van der Waals surface area contributed by atoms with E-state index in [2.05, 4.69) is 27.2 Å². The van der Waals surface area contributed by atoms with Crippen LogP contribution < -0.4 is 5.32 Å². The molecule has 2 heterocycles. The van der Waals surface area contributed by atoms with E-state index >= 15 is 0 Å². The van der Waals surface area contributed by atoms with Crippen LogP contribution >= 0.6 is 23.2 Å². The molecule has 0 saturated carbocycles. The molecule has 0 aromatic carbocycles. The lowest BCUT2D eigenvalue weighted by Crippen LogP contribution is -2.36. The van der Waals surface area contributed by atoms with Crippen molar-refractivity contribution in [2.24, 2.45) is 5.92 Å². The van der Waals surface area contributed by atoms with Crippen LogP contribution in [0.3, 0.4) is 0 Å².